The molecule has 3 aromatic carbocycles. The number of hydrogen-bond acceptors (Lipinski definition) is 12. The van der Waals surface area contributed by atoms with E-state index in [9.17, 15) is 18.0 Å². The maximum Gasteiger partial charge on any atom is 0.417 e. The summed E-state index contributed by atoms with van der Waals surface area (Å²) in [5.41, 5.74) is -5.01. The first-order valence-electron chi connectivity index (χ1n) is 23.6. The van der Waals surface area contributed by atoms with Gasteiger partial charge in [0.1, 0.15) is 51.4 Å². The van der Waals surface area contributed by atoms with Crippen LogP contribution in [0.4, 0.5) is 51.4 Å². The Bertz CT molecular complexity index is 2790. The first-order valence-corrected chi connectivity index (χ1v) is 23.6. The summed E-state index contributed by atoms with van der Waals surface area (Å²) in [7, 11) is 2.99. The Kier molecular flexibility index (Phi) is 13.3. The topological polar surface area (TPSA) is 124 Å². The van der Waals surface area contributed by atoms with E-state index in [-0.39, 0.29) is 55.6 Å². The molecule has 386 valence electrons. The van der Waals surface area contributed by atoms with Crippen LogP contribution in [0.15, 0.2) is 54.6 Å². The predicted octanol–water partition coefficient (Wildman–Crippen LogP) is 10.6. The van der Waals surface area contributed by atoms with Gasteiger partial charge in [-0.15, -0.1) is 0 Å². The number of rotatable bonds is 14. The van der Waals surface area contributed by atoms with Crippen LogP contribution >= 0.6 is 0 Å². The highest BCUT2D eigenvalue weighted by molar-refractivity contribution is 5.98. The number of pyridine rings is 1. The van der Waals surface area contributed by atoms with Crippen molar-refractivity contribution in [2.75, 3.05) is 50.3 Å². The molecule has 9 rings (SSSR count). The van der Waals surface area contributed by atoms with E-state index in [4.69, 9.17) is 28.7 Å². The van der Waals surface area contributed by atoms with Crippen LogP contribution in [0.25, 0.3) is 22.2 Å². The molecule has 2 saturated heterocycles. The molecule has 5 heterocycles. The van der Waals surface area contributed by atoms with E-state index in [1.807, 2.05) is 4.90 Å². The van der Waals surface area contributed by atoms with Crippen molar-refractivity contribution in [3.8, 4) is 34.6 Å². The zero-order valence-corrected chi connectivity index (χ0v) is 40.7. The second-order valence-corrected chi connectivity index (χ2v) is 20.1. The van der Waals surface area contributed by atoms with Gasteiger partial charge in [0.15, 0.2) is 5.82 Å². The van der Waals surface area contributed by atoms with Crippen LogP contribution in [0.2, 0.25) is 0 Å². The Morgan fingerprint density at radius 2 is 1.51 bits per heavy atom. The molecule has 3 aliphatic heterocycles. The van der Waals surface area contributed by atoms with Crippen LogP contribution in [-0.4, -0.2) is 102 Å². The van der Waals surface area contributed by atoms with E-state index in [1.54, 1.807) is 81.1 Å². The summed E-state index contributed by atoms with van der Waals surface area (Å²) in [6, 6.07) is 12.7. The second kappa shape index (κ2) is 18.9. The maximum atomic E-state index is 18.0. The first-order chi connectivity index (χ1) is 34.0. The fraction of sp³-hybridized carbons (Fsp3) is 0.490. The van der Waals surface area contributed by atoms with Crippen LogP contribution < -0.4 is 34.1 Å². The van der Waals surface area contributed by atoms with E-state index >= 15 is 22.0 Å². The number of nitrogens with zero attached hydrogens (tertiary/aromatic N) is 6. The molecular weight excluding hydrogens is 959 g/mol. The summed E-state index contributed by atoms with van der Waals surface area (Å²) >= 11 is 0. The van der Waals surface area contributed by atoms with E-state index in [0.29, 0.717) is 48.3 Å². The SMILES string of the molecule is COc1ccc(CN(Cc2ccc(OC)cc2)c2cc(-c3nc4c5c(nc(OCC6(CNCC(F)(F)F)CC6)nc5c3F)N3C[C@H]5CC[C@@H]([C@H]3[C@H](C)O4)N5C(=O)OC(C)(C)C)c(C(F)(F)F)c(C)c2F)cc1. The standard InChI is InChI=1S/C51H55F8N7O6/c1-27-38(51(57,58)59)34(20-36(39(27)52)64(21-29-8-13-32(68-6)14-9-29)22-30-10-15-33(69-7)16-11-30)41-40(53)42-37-44(63-46(62-42)70-26-49(18-19-49)24-60-25-50(54,55)56)65-23-31-12-17-35(43(65)28(2)71-45(37)61-41)66(31)47(67)72-48(3,4)5/h8-11,13-16,20,28,31,35,43,60H,12,17-19,21-26H2,1-7H3/t28-,31+,35-,43+/m0/s1. The van der Waals surface area contributed by atoms with Crippen molar-refractivity contribution < 1.29 is 63.6 Å². The zero-order chi connectivity index (χ0) is 51.7. The van der Waals surface area contributed by atoms with Crippen molar-refractivity contribution >= 4 is 28.5 Å². The average Bonchev–Trinajstić information content (AvgIpc) is 4.03. The summed E-state index contributed by atoms with van der Waals surface area (Å²) in [6.45, 7) is 6.63. The van der Waals surface area contributed by atoms with Crippen molar-refractivity contribution in [1.29, 1.82) is 0 Å². The Balaban J connectivity index is 1.20. The Hall–Kier alpha value is -6.38. The minimum atomic E-state index is -5.24. The van der Waals surface area contributed by atoms with Crippen molar-refractivity contribution in [2.45, 2.75) is 116 Å². The number of benzene rings is 3. The normalized spacial score (nSPS) is 20.2. The largest absolute Gasteiger partial charge is 0.497 e. The average molecular weight is 1010 g/mol. The molecule has 4 aliphatic rings. The number of halogens is 8. The van der Waals surface area contributed by atoms with Crippen molar-refractivity contribution in [1.82, 2.24) is 25.2 Å². The number of hydrogen-bond donors (Lipinski definition) is 1. The molecule has 1 amide bonds. The number of anilines is 2. The molecule has 1 saturated carbocycles. The van der Waals surface area contributed by atoms with Crippen LogP contribution in [-0.2, 0) is 24.0 Å². The molecule has 1 N–H and O–H groups in total. The molecule has 2 aromatic heterocycles. The van der Waals surface area contributed by atoms with Gasteiger partial charge in [0.05, 0.1) is 56.7 Å². The fourth-order valence-corrected chi connectivity index (χ4v) is 10.2. The number of amides is 1. The minimum Gasteiger partial charge on any atom is -0.497 e. The summed E-state index contributed by atoms with van der Waals surface area (Å²) in [4.78, 5) is 32.6. The lowest BCUT2D eigenvalue weighted by molar-refractivity contribution is -0.137. The quantitative estimate of drug-likeness (QED) is 0.107. The lowest BCUT2D eigenvalue weighted by Crippen LogP contribution is -2.65. The third-order valence-corrected chi connectivity index (χ3v) is 13.8. The van der Waals surface area contributed by atoms with Gasteiger partial charge in [-0.1, -0.05) is 24.3 Å². The highest BCUT2D eigenvalue weighted by atomic mass is 19.4. The molecule has 0 spiro atoms. The molecular formula is C51H55F8N7O6. The van der Waals surface area contributed by atoms with E-state index in [1.165, 1.54) is 19.1 Å². The molecule has 4 atom stereocenters. The second-order valence-electron chi connectivity index (χ2n) is 20.1. The minimum absolute atomic E-state index is 0.0130. The van der Waals surface area contributed by atoms with Gasteiger partial charge < -0.3 is 38.8 Å². The summed E-state index contributed by atoms with van der Waals surface area (Å²) < 4.78 is 150. The molecule has 0 unspecified atom stereocenters. The molecule has 13 nitrogen and oxygen atoms in total. The van der Waals surface area contributed by atoms with E-state index < -0.39 is 106 Å². The smallest absolute Gasteiger partial charge is 0.417 e. The third kappa shape index (κ3) is 10.2. The highest BCUT2D eigenvalue weighted by Crippen LogP contribution is 2.50. The van der Waals surface area contributed by atoms with Crippen LogP contribution in [0.1, 0.15) is 75.6 Å². The summed E-state index contributed by atoms with van der Waals surface area (Å²) in [6.07, 6.45) is -8.99. The van der Waals surface area contributed by atoms with Gasteiger partial charge in [-0.25, -0.2) is 18.6 Å². The van der Waals surface area contributed by atoms with Crippen molar-refractivity contribution in [3.05, 3.63) is 88.5 Å². The van der Waals surface area contributed by atoms with Gasteiger partial charge in [0, 0.05) is 37.2 Å². The Labute approximate surface area is 410 Å². The number of methoxy groups -OCH3 is 2. The number of carbonyl (C=O) groups is 1. The van der Waals surface area contributed by atoms with Crippen molar-refractivity contribution in [2.24, 2.45) is 5.41 Å². The monoisotopic (exact) mass is 1010 g/mol. The van der Waals surface area contributed by atoms with Gasteiger partial charge in [-0.3, -0.25) is 4.90 Å². The molecule has 2 bridgehead atoms. The van der Waals surface area contributed by atoms with Gasteiger partial charge in [0.25, 0.3) is 0 Å². The fourth-order valence-electron chi connectivity index (χ4n) is 10.2. The Morgan fingerprint density at radius 3 is 2.07 bits per heavy atom. The predicted molar refractivity (Wildman–Crippen MR) is 250 cm³/mol. The van der Waals surface area contributed by atoms with Crippen molar-refractivity contribution in [3.63, 3.8) is 0 Å². The molecule has 21 heteroatoms. The number of fused-ring (bicyclic) bond motifs is 5. The third-order valence-electron chi connectivity index (χ3n) is 13.8. The number of carbonyl (C=O) groups excluding carboxylic acids is 1. The number of alkyl halides is 6. The van der Waals surface area contributed by atoms with Crippen LogP contribution in [0.5, 0.6) is 23.4 Å². The zero-order valence-electron chi connectivity index (χ0n) is 40.7. The lowest BCUT2D eigenvalue weighted by atomic mass is 9.95. The number of ether oxygens (including phenoxy) is 5. The number of piperazine rings is 1. The maximum absolute atomic E-state index is 18.0. The molecule has 3 fully saturated rings. The lowest BCUT2D eigenvalue weighted by Gasteiger charge is -2.48. The number of aromatic nitrogens is 3. The Morgan fingerprint density at radius 1 is 0.889 bits per heavy atom. The first kappa shape index (κ1) is 50.6. The van der Waals surface area contributed by atoms with Gasteiger partial charge in [0.2, 0.25) is 5.88 Å². The number of nitrogens with one attached hydrogen (secondary N) is 1. The summed E-state index contributed by atoms with van der Waals surface area (Å²) in [5, 5.41) is 2.34. The van der Waals surface area contributed by atoms with Gasteiger partial charge in [-0.05, 0) is 107 Å². The van der Waals surface area contributed by atoms with Gasteiger partial charge >= 0.3 is 24.5 Å². The molecule has 0 radical (unpaired) electrons. The van der Waals surface area contributed by atoms with E-state index in [0.717, 1.165) is 13.0 Å². The molecule has 5 aromatic rings. The van der Waals surface area contributed by atoms with Crippen LogP contribution in [0, 0.1) is 24.0 Å². The van der Waals surface area contributed by atoms with E-state index in [2.05, 4.69) is 15.3 Å². The molecule has 1 aliphatic carbocycles. The van der Waals surface area contributed by atoms with Crippen LogP contribution in [0.3, 0.4) is 0 Å². The summed E-state index contributed by atoms with van der Waals surface area (Å²) in [5.74, 6) is -1.66. The van der Waals surface area contributed by atoms with Gasteiger partial charge in [-0.2, -0.15) is 36.3 Å². The molecule has 72 heavy (non-hydrogen) atoms. The highest BCUT2D eigenvalue weighted by Gasteiger charge is 2.54.